The molecule has 0 saturated carbocycles. The van der Waals surface area contributed by atoms with Gasteiger partial charge in [-0.05, 0) is 35.9 Å². The molecule has 170 valence electrons. The van der Waals surface area contributed by atoms with E-state index < -0.39 is 40.7 Å². The Labute approximate surface area is 183 Å². The Morgan fingerprint density at radius 2 is 1.58 bits per heavy atom. The highest BCUT2D eigenvalue weighted by atomic mass is 19.4. The van der Waals surface area contributed by atoms with Crippen LogP contribution in [0.15, 0.2) is 60.8 Å². The number of nitrogens with zero attached hydrogens (tertiary/aromatic N) is 1. The van der Waals surface area contributed by atoms with E-state index in [2.05, 4.69) is 5.32 Å². The molecule has 0 atom stereocenters. The molecule has 2 aromatic carbocycles. The van der Waals surface area contributed by atoms with E-state index in [4.69, 9.17) is 4.74 Å². The van der Waals surface area contributed by atoms with E-state index in [-0.39, 0.29) is 28.5 Å². The molecule has 4 nitrogen and oxygen atoms in total. The van der Waals surface area contributed by atoms with Crippen molar-refractivity contribution in [2.24, 2.45) is 0 Å². The summed E-state index contributed by atoms with van der Waals surface area (Å²) in [5.41, 5.74) is -1.12. The van der Waals surface area contributed by atoms with E-state index in [0.717, 1.165) is 6.07 Å². The maximum absolute atomic E-state index is 13.8. The predicted molar refractivity (Wildman–Crippen MR) is 109 cm³/mol. The number of aromatic nitrogens is 1. The third kappa shape index (κ3) is 4.23. The van der Waals surface area contributed by atoms with Crippen molar-refractivity contribution in [3.8, 4) is 17.0 Å². The van der Waals surface area contributed by atoms with Gasteiger partial charge >= 0.3 is 6.18 Å². The van der Waals surface area contributed by atoms with Gasteiger partial charge in [-0.2, -0.15) is 13.2 Å². The van der Waals surface area contributed by atoms with Gasteiger partial charge in [0.05, 0.1) is 23.9 Å². The average Bonchev–Trinajstić information content (AvgIpc) is 3.16. The fraction of sp³-hybridized carbons (Fsp3) is 0.0870. The first-order valence-electron chi connectivity index (χ1n) is 9.41. The van der Waals surface area contributed by atoms with Crippen molar-refractivity contribution < 1.29 is 35.9 Å². The molecule has 0 aliphatic heterocycles. The van der Waals surface area contributed by atoms with Crippen LogP contribution in [0.2, 0.25) is 0 Å². The number of carbonyl (C=O) groups excluding carboxylic acids is 1. The largest absolute Gasteiger partial charge is 0.497 e. The Kier molecular flexibility index (Phi) is 5.52. The summed E-state index contributed by atoms with van der Waals surface area (Å²) in [6, 6.07) is 9.97. The maximum atomic E-state index is 13.8. The molecular weight excluding hydrogens is 450 g/mol. The molecule has 0 saturated heterocycles. The van der Waals surface area contributed by atoms with Crippen molar-refractivity contribution >= 4 is 17.1 Å². The van der Waals surface area contributed by atoms with Gasteiger partial charge in [-0.25, -0.2) is 13.2 Å². The quantitative estimate of drug-likeness (QED) is 0.284. The molecule has 4 rings (SSSR count). The molecule has 0 unspecified atom stereocenters. The van der Waals surface area contributed by atoms with Crippen LogP contribution >= 0.6 is 0 Å². The predicted octanol–water partition coefficient (Wildman–Crippen LogP) is 6.30. The van der Waals surface area contributed by atoms with Gasteiger partial charge in [0.25, 0.3) is 5.91 Å². The van der Waals surface area contributed by atoms with Crippen LogP contribution in [0.1, 0.15) is 15.9 Å². The molecule has 0 fully saturated rings. The summed E-state index contributed by atoms with van der Waals surface area (Å²) in [5, 5.41) is 2.30. The Morgan fingerprint density at radius 3 is 2.21 bits per heavy atom. The number of nitrogens with one attached hydrogen (secondary N) is 1. The molecular formula is C23H14F6N2O2. The molecule has 0 bridgehead atoms. The Balaban J connectivity index is 1.69. The number of pyridine rings is 1. The number of rotatable bonds is 4. The molecule has 1 N–H and O–H groups in total. The SMILES string of the molecule is COc1ccn2c(-c3ccc(NC(=O)c4cc(F)c(F)cc4F)cc3)c(C(F)(F)F)cc2c1. The van der Waals surface area contributed by atoms with E-state index in [9.17, 15) is 31.1 Å². The highest BCUT2D eigenvalue weighted by molar-refractivity contribution is 6.04. The Morgan fingerprint density at radius 1 is 0.909 bits per heavy atom. The lowest BCUT2D eigenvalue weighted by atomic mass is 10.1. The lowest BCUT2D eigenvalue weighted by Gasteiger charge is -2.12. The van der Waals surface area contributed by atoms with Crippen LogP contribution in [0, 0.1) is 17.5 Å². The molecule has 0 aliphatic rings. The van der Waals surface area contributed by atoms with Gasteiger partial charge in [0.1, 0.15) is 11.6 Å². The standard InChI is InChI=1S/C23H14F6N2O2/c1-33-15-6-7-31-14(8-15)9-17(23(27,28)29)21(31)12-2-4-13(5-3-12)30-22(32)16-10-19(25)20(26)11-18(16)24/h2-11H,1H3,(H,30,32). The summed E-state index contributed by atoms with van der Waals surface area (Å²) >= 11 is 0. The summed E-state index contributed by atoms with van der Waals surface area (Å²) < 4.78 is 87.7. The van der Waals surface area contributed by atoms with E-state index in [1.165, 1.54) is 54.1 Å². The number of amides is 1. The second kappa shape index (κ2) is 8.19. The van der Waals surface area contributed by atoms with Gasteiger partial charge in [-0.1, -0.05) is 12.1 Å². The molecule has 2 heterocycles. The monoisotopic (exact) mass is 464 g/mol. The lowest BCUT2D eigenvalue weighted by molar-refractivity contribution is -0.137. The van der Waals surface area contributed by atoms with E-state index in [1.54, 1.807) is 0 Å². The molecule has 0 spiro atoms. The molecule has 1 amide bonds. The number of methoxy groups -OCH3 is 1. The van der Waals surface area contributed by atoms with Gasteiger partial charge in [0, 0.05) is 29.5 Å². The molecule has 10 heteroatoms. The summed E-state index contributed by atoms with van der Waals surface area (Å²) in [7, 11) is 1.40. The van der Waals surface area contributed by atoms with Gasteiger partial charge in [0.2, 0.25) is 0 Å². The van der Waals surface area contributed by atoms with Crippen molar-refractivity contribution in [1.82, 2.24) is 4.40 Å². The van der Waals surface area contributed by atoms with Crippen molar-refractivity contribution in [1.29, 1.82) is 0 Å². The van der Waals surface area contributed by atoms with Crippen molar-refractivity contribution in [3.63, 3.8) is 0 Å². The van der Waals surface area contributed by atoms with Crippen molar-refractivity contribution in [2.75, 3.05) is 12.4 Å². The third-order valence-corrected chi connectivity index (χ3v) is 4.96. The highest BCUT2D eigenvalue weighted by Crippen LogP contribution is 2.40. The van der Waals surface area contributed by atoms with E-state index >= 15 is 0 Å². The first-order chi connectivity index (χ1) is 15.6. The number of alkyl halides is 3. The van der Waals surface area contributed by atoms with Gasteiger partial charge in [-0.15, -0.1) is 0 Å². The summed E-state index contributed by atoms with van der Waals surface area (Å²) in [5.74, 6) is -4.75. The maximum Gasteiger partial charge on any atom is 0.418 e. The number of hydrogen-bond donors (Lipinski definition) is 1. The van der Waals surface area contributed by atoms with Gasteiger partial charge in [0.15, 0.2) is 11.6 Å². The number of halogens is 6. The smallest absolute Gasteiger partial charge is 0.418 e. The zero-order valence-corrected chi connectivity index (χ0v) is 16.8. The number of anilines is 1. The second-order valence-electron chi connectivity index (χ2n) is 7.04. The van der Waals surface area contributed by atoms with Crippen molar-refractivity contribution in [3.05, 3.63) is 89.4 Å². The molecule has 2 aromatic heterocycles. The molecule has 0 radical (unpaired) electrons. The number of ether oxygens (including phenoxy) is 1. The minimum Gasteiger partial charge on any atom is -0.497 e. The molecule has 4 aromatic rings. The number of fused-ring (bicyclic) bond motifs is 1. The zero-order chi connectivity index (χ0) is 23.9. The van der Waals surface area contributed by atoms with Crippen LogP contribution in [0.5, 0.6) is 5.75 Å². The third-order valence-electron chi connectivity index (χ3n) is 4.96. The first-order valence-corrected chi connectivity index (χ1v) is 9.41. The lowest BCUT2D eigenvalue weighted by Crippen LogP contribution is -2.14. The summed E-state index contributed by atoms with van der Waals surface area (Å²) in [4.78, 5) is 12.2. The Hall–Kier alpha value is -3.95. The van der Waals surface area contributed by atoms with E-state index in [1.807, 2.05) is 0 Å². The summed E-state index contributed by atoms with van der Waals surface area (Å²) in [6.07, 6.45) is -3.19. The highest BCUT2D eigenvalue weighted by Gasteiger charge is 2.36. The van der Waals surface area contributed by atoms with Crippen LogP contribution in [-0.4, -0.2) is 17.4 Å². The van der Waals surface area contributed by atoms with Crippen LogP contribution < -0.4 is 10.1 Å². The van der Waals surface area contributed by atoms with E-state index in [0.29, 0.717) is 11.8 Å². The van der Waals surface area contributed by atoms with Crippen LogP contribution in [-0.2, 0) is 6.18 Å². The normalized spacial score (nSPS) is 11.6. The topological polar surface area (TPSA) is 42.7 Å². The number of benzene rings is 2. The van der Waals surface area contributed by atoms with Gasteiger partial charge < -0.3 is 14.5 Å². The number of hydrogen-bond acceptors (Lipinski definition) is 2. The molecule has 33 heavy (non-hydrogen) atoms. The fourth-order valence-corrected chi connectivity index (χ4v) is 3.40. The second-order valence-corrected chi connectivity index (χ2v) is 7.04. The van der Waals surface area contributed by atoms with Crippen LogP contribution in [0.25, 0.3) is 16.8 Å². The first kappa shape index (κ1) is 22.3. The minimum atomic E-state index is -4.63. The number of carbonyl (C=O) groups is 1. The van der Waals surface area contributed by atoms with Gasteiger partial charge in [-0.3, -0.25) is 4.79 Å². The molecule has 0 aliphatic carbocycles. The minimum absolute atomic E-state index is 0.115. The Bertz CT molecular complexity index is 1360. The fourth-order valence-electron chi connectivity index (χ4n) is 3.40. The summed E-state index contributed by atoms with van der Waals surface area (Å²) in [6.45, 7) is 0. The average molecular weight is 464 g/mol. The van der Waals surface area contributed by atoms with Crippen LogP contribution in [0.3, 0.4) is 0 Å². The van der Waals surface area contributed by atoms with Crippen LogP contribution in [0.4, 0.5) is 32.0 Å². The van der Waals surface area contributed by atoms with Crippen molar-refractivity contribution in [2.45, 2.75) is 6.18 Å². The zero-order valence-electron chi connectivity index (χ0n) is 16.8.